The van der Waals surface area contributed by atoms with Gasteiger partial charge < -0.3 is 20.8 Å². The predicted molar refractivity (Wildman–Crippen MR) is 68.8 cm³/mol. The number of hydrogen-bond acceptors (Lipinski definition) is 4. The molecule has 1 aromatic carbocycles. The maximum Gasteiger partial charge on any atom is 0.320 e. The van der Waals surface area contributed by atoms with Crippen LogP contribution in [-0.2, 0) is 17.6 Å². The Morgan fingerprint density at radius 3 is 2.94 bits per heavy atom. The van der Waals surface area contributed by atoms with Crippen molar-refractivity contribution in [1.82, 2.24) is 0 Å². The van der Waals surface area contributed by atoms with Gasteiger partial charge >= 0.3 is 5.97 Å². The van der Waals surface area contributed by atoms with Crippen LogP contribution in [-0.4, -0.2) is 41.9 Å². The number of carbonyl (C=O) groups is 1. The van der Waals surface area contributed by atoms with E-state index in [4.69, 9.17) is 15.9 Å². The van der Waals surface area contributed by atoms with E-state index >= 15 is 0 Å². The Morgan fingerprint density at radius 1 is 1.50 bits per heavy atom. The largest absolute Gasteiger partial charge is 0.480 e. The molecule has 0 fully saturated rings. The highest BCUT2D eigenvalue weighted by Gasteiger charge is 2.19. The van der Waals surface area contributed by atoms with Gasteiger partial charge in [-0.2, -0.15) is 0 Å². The van der Waals surface area contributed by atoms with E-state index in [0.717, 1.165) is 24.2 Å². The molecule has 0 aliphatic carbocycles. The highest BCUT2D eigenvalue weighted by Crippen LogP contribution is 2.28. The van der Waals surface area contributed by atoms with Crippen molar-refractivity contribution in [2.45, 2.75) is 18.9 Å². The Morgan fingerprint density at radius 2 is 2.28 bits per heavy atom. The lowest BCUT2D eigenvalue weighted by atomic mass is 10.0. The Bertz CT molecular complexity index is 448. The number of carboxylic acid groups (broad SMARTS) is 1. The van der Waals surface area contributed by atoms with E-state index in [-0.39, 0.29) is 6.61 Å². The molecule has 0 bridgehead atoms. The molecule has 2 rings (SSSR count). The SMILES string of the molecule is NC(Cc1ccc2c(c1)CCN2CCO)C(=O)O. The number of nitrogens with zero attached hydrogens (tertiary/aromatic N) is 1. The molecule has 1 heterocycles. The van der Waals surface area contributed by atoms with Crippen LogP contribution < -0.4 is 10.6 Å². The maximum absolute atomic E-state index is 10.7. The number of rotatable bonds is 5. The van der Waals surface area contributed by atoms with Gasteiger partial charge in [0, 0.05) is 18.8 Å². The minimum absolute atomic E-state index is 0.144. The molecule has 5 nitrogen and oxygen atoms in total. The molecule has 0 aromatic heterocycles. The number of benzene rings is 1. The molecule has 1 aromatic rings. The number of aliphatic carboxylic acids is 1. The van der Waals surface area contributed by atoms with Crippen LogP contribution in [0.1, 0.15) is 11.1 Å². The van der Waals surface area contributed by atoms with Gasteiger partial charge in [0.2, 0.25) is 0 Å². The lowest BCUT2D eigenvalue weighted by molar-refractivity contribution is -0.138. The summed E-state index contributed by atoms with van der Waals surface area (Å²) in [7, 11) is 0. The number of hydrogen-bond donors (Lipinski definition) is 3. The molecular weight excluding hydrogens is 232 g/mol. The van der Waals surface area contributed by atoms with Gasteiger partial charge in [-0.3, -0.25) is 4.79 Å². The molecular formula is C13H18N2O3. The molecule has 1 unspecified atom stereocenters. The molecule has 1 aliphatic rings. The summed E-state index contributed by atoms with van der Waals surface area (Å²) < 4.78 is 0. The number of aliphatic hydroxyl groups excluding tert-OH is 1. The first-order chi connectivity index (χ1) is 8.61. The number of anilines is 1. The van der Waals surface area contributed by atoms with Gasteiger partial charge in [0.25, 0.3) is 0 Å². The number of fused-ring (bicyclic) bond motifs is 1. The average molecular weight is 250 g/mol. The summed E-state index contributed by atoms with van der Waals surface area (Å²) in [6.07, 6.45) is 1.29. The third kappa shape index (κ3) is 2.63. The first-order valence-electron chi connectivity index (χ1n) is 6.08. The molecule has 0 spiro atoms. The molecule has 1 atom stereocenters. The zero-order valence-corrected chi connectivity index (χ0v) is 10.2. The van der Waals surface area contributed by atoms with Gasteiger partial charge in [-0.1, -0.05) is 12.1 Å². The van der Waals surface area contributed by atoms with Crippen LogP contribution in [0.3, 0.4) is 0 Å². The smallest absolute Gasteiger partial charge is 0.320 e. The van der Waals surface area contributed by atoms with Crippen LogP contribution in [0.15, 0.2) is 18.2 Å². The second kappa shape index (κ2) is 5.37. The second-order valence-electron chi connectivity index (χ2n) is 4.57. The standard InChI is InChI=1S/C13H18N2O3/c14-11(13(17)18)8-9-1-2-12-10(7-9)3-4-15(12)5-6-16/h1-2,7,11,16H,3-6,8,14H2,(H,17,18). The Kier molecular flexibility index (Phi) is 3.84. The summed E-state index contributed by atoms with van der Waals surface area (Å²) in [6, 6.07) is 5.08. The number of carboxylic acids is 1. The highest BCUT2D eigenvalue weighted by atomic mass is 16.4. The van der Waals surface area contributed by atoms with Gasteiger partial charge in [-0.25, -0.2) is 0 Å². The van der Waals surface area contributed by atoms with E-state index in [9.17, 15) is 4.79 Å². The fourth-order valence-electron chi connectivity index (χ4n) is 2.34. The third-order valence-electron chi connectivity index (χ3n) is 3.28. The topological polar surface area (TPSA) is 86.8 Å². The van der Waals surface area contributed by atoms with Crippen LogP contribution in [0.2, 0.25) is 0 Å². The van der Waals surface area contributed by atoms with Crippen LogP contribution in [0.5, 0.6) is 0 Å². The maximum atomic E-state index is 10.7. The molecule has 0 saturated carbocycles. The van der Waals surface area contributed by atoms with Crippen molar-refractivity contribution in [3.8, 4) is 0 Å². The summed E-state index contributed by atoms with van der Waals surface area (Å²) in [4.78, 5) is 12.8. The molecule has 18 heavy (non-hydrogen) atoms. The summed E-state index contributed by atoms with van der Waals surface area (Å²) >= 11 is 0. The third-order valence-corrected chi connectivity index (χ3v) is 3.28. The van der Waals surface area contributed by atoms with Gasteiger partial charge in [0.05, 0.1) is 6.61 Å². The van der Waals surface area contributed by atoms with Crippen molar-refractivity contribution < 1.29 is 15.0 Å². The Labute approximate surface area is 106 Å². The summed E-state index contributed by atoms with van der Waals surface area (Å²) in [6.45, 7) is 1.69. The fourth-order valence-corrected chi connectivity index (χ4v) is 2.34. The number of aliphatic hydroxyl groups is 1. The molecule has 0 saturated heterocycles. The van der Waals surface area contributed by atoms with Gasteiger partial charge in [0.15, 0.2) is 0 Å². The molecule has 5 heteroatoms. The lowest BCUT2D eigenvalue weighted by Crippen LogP contribution is -2.32. The quantitative estimate of drug-likeness (QED) is 0.684. The van der Waals surface area contributed by atoms with Crippen LogP contribution in [0, 0.1) is 0 Å². The Balaban J connectivity index is 2.12. The number of β-amino-alcohol motifs (C(OH)–C–C–N with tert-alkyl or cyclic N) is 1. The van der Waals surface area contributed by atoms with Crippen molar-refractivity contribution >= 4 is 11.7 Å². The fraction of sp³-hybridized carbons (Fsp3) is 0.462. The van der Waals surface area contributed by atoms with Crippen LogP contribution in [0.25, 0.3) is 0 Å². The normalized spacial score (nSPS) is 15.6. The van der Waals surface area contributed by atoms with E-state index in [2.05, 4.69) is 4.90 Å². The molecule has 1 aliphatic heterocycles. The van der Waals surface area contributed by atoms with E-state index in [1.807, 2.05) is 18.2 Å². The highest BCUT2D eigenvalue weighted by molar-refractivity contribution is 5.73. The second-order valence-corrected chi connectivity index (χ2v) is 4.57. The Hall–Kier alpha value is -1.59. The van der Waals surface area contributed by atoms with Crippen molar-refractivity contribution in [1.29, 1.82) is 0 Å². The van der Waals surface area contributed by atoms with Crippen molar-refractivity contribution in [2.24, 2.45) is 5.73 Å². The minimum Gasteiger partial charge on any atom is -0.480 e. The molecule has 0 amide bonds. The lowest BCUT2D eigenvalue weighted by Gasteiger charge is -2.18. The van der Waals surface area contributed by atoms with Gasteiger partial charge in [-0.15, -0.1) is 0 Å². The first kappa shape index (κ1) is 12.9. The van der Waals surface area contributed by atoms with E-state index in [1.165, 1.54) is 5.56 Å². The monoisotopic (exact) mass is 250 g/mol. The summed E-state index contributed by atoms with van der Waals surface area (Å²) in [5.74, 6) is -0.975. The average Bonchev–Trinajstić information content (AvgIpc) is 2.72. The van der Waals surface area contributed by atoms with E-state index in [0.29, 0.717) is 13.0 Å². The van der Waals surface area contributed by atoms with E-state index in [1.54, 1.807) is 0 Å². The van der Waals surface area contributed by atoms with Gasteiger partial charge in [-0.05, 0) is 30.0 Å². The molecule has 4 N–H and O–H groups in total. The van der Waals surface area contributed by atoms with Gasteiger partial charge in [0.1, 0.15) is 6.04 Å². The van der Waals surface area contributed by atoms with Crippen molar-refractivity contribution in [3.63, 3.8) is 0 Å². The summed E-state index contributed by atoms with van der Waals surface area (Å²) in [5, 5.41) is 17.8. The molecule has 98 valence electrons. The van der Waals surface area contributed by atoms with Crippen molar-refractivity contribution in [2.75, 3.05) is 24.6 Å². The number of nitrogens with two attached hydrogens (primary N) is 1. The zero-order chi connectivity index (χ0) is 13.1. The van der Waals surface area contributed by atoms with Crippen LogP contribution >= 0.6 is 0 Å². The first-order valence-corrected chi connectivity index (χ1v) is 6.08. The van der Waals surface area contributed by atoms with Crippen LogP contribution in [0.4, 0.5) is 5.69 Å². The van der Waals surface area contributed by atoms with Crippen molar-refractivity contribution in [3.05, 3.63) is 29.3 Å². The predicted octanol–water partition coefficient (Wildman–Crippen LogP) is -0.00420. The minimum atomic E-state index is -0.975. The zero-order valence-electron chi connectivity index (χ0n) is 10.2. The molecule has 0 radical (unpaired) electrons. The summed E-state index contributed by atoms with van der Waals surface area (Å²) in [5.41, 5.74) is 8.82. The van der Waals surface area contributed by atoms with E-state index < -0.39 is 12.0 Å².